The first-order valence-electron chi connectivity index (χ1n) is 10.8. The summed E-state index contributed by atoms with van der Waals surface area (Å²) in [5, 5.41) is 12.4. The molecule has 0 atom stereocenters. The van der Waals surface area contributed by atoms with Gasteiger partial charge in [0, 0.05) is 26.1 Å². The number of hydrogen-bond acceptors (Lipinski definition) is 6. The maximum Gasteiger partial charge on any atom is 0.217 e. The molecule has 2 heterocycles. The molecule has 8 nitrogen and oxygen atoms in total. The van der Waals surface area contributed by atoms with Crippen LogP contribution in [0, 0.1) is 13.8 Å². The molecule has 3 aromatic rings. The predicted octanol–water partition coefficient (Wildman–Crippen LogP) is 3.44. The number of rotatable bonds is 6. The predicted molar refractivity (Wildman–Crippen MR) is 120 cm³/mol. The molecule has 4 rings (SSSR count). The van der Waals surface area contributed by atoms with Gasteiger partial charge in [0.2, 0.25) is 5.91 Å². The van der Waals surface area contributed by atoms with Crippen molar-refractivity contribution >= 4 is 22.8 Å². The van der Waals surface area contributed by atoms with Gasteiger partial charge < -0.3 is 15.4 Å². The van der Waals surface area contributed by atoms with Gasteiger partial charge in [0.25, 0.3) is 0 Å². The highest BCUT2D eigenvalue weighted by Gasteiger charge is 2.24. The summed E-state index contributed by atoms with van der Waals surface area (Å²) < 4.78 is 7.20. The lowest BCUT2D eigenvalue weighted by atomic mass is 9.91. The molecule has 1 fully saturated rings. The summed E-state index contributed by atoms with van der Waals surface area (Å²) in [5.41, 5.74) is 3.82. The lowest BCUT2D eigenvalue weighted by Gasteiger charge is -2.30. The molecule has 31 heavy (non-hydrogen) atoms. The Kier molecular flexibility index (Phi) is 6.18. The van der Waals surface area contributed by atoms with Gasteiger partial charge in [0.15, 0.2) is 11.5 Å². The number of aromatic nitrogens is 4. The minimum atomic E-state index is 0.0391. The van der Waals surface area contributed by atoms with Crippen LogP contribution < -0.4 is 10.6 Å². The SMILES string of the molecule is COCc1nc(NC2CCC(NC(C)=O)CC2)c2c(C)nn(-c3ccc(C)cc3)c2n1. The van der Waals surface area contributed by atoms with Crippen LogP contribution in [0.15, 0.2) is 24.3 Å². The summed E-state index contributed by atoms with van der Waals surface area (Å²) in [6.07, 6.45) is 3.86. The first-order valence-corrected chi connectivity index (χ1v) is 10.8. The Hall–Kier alpha value is -3.00. The number of nitrogens with zero attached hydrogens (tertiary/aromatic N) is 4. The molecule has 1 aliphatic rings. The second-order valence-electron chi connectivity index (χ2n) is 8.35. The molecule has 0 saturated heterocycles. The van der Waals surface area contributed by atoms with E-state index in [1.54, 1.807) is 14.0 Å². The van der Waals surface area contributed by atoms with Gasteiger partial charge in [-0.15, -0.1) is 0 Å². The number of nitrogens with one attached hydrogen (secondary N) is 2. The second-order valence-corrected chi connectivity index (χ2v) is 8.35. The van der Waals surface area contributed by atoms with Crippen molar-refractivity contribution in [3.05, 3.63) is 41.3 Å². The number of ether oxygens (including phenoxy) is 1. The van der Waals surface area contributed by atoms with E-state index in [0.29, 0.717) is 18.5 Å². The number of carbonyl (C=O) groups excluding carboxylic acids is 1. The molecule has 2 aromatic heterocycles. The van der Waals surface area contributed by atoms with Gasteiger partial charge in [-0.25, -0.2) is 14.6 Å². The zero-order chi connectivity index (χ0) is 22.0. The Balaban J connectivity index is 1.66. The van der Waals surface area contributed by atoms with Gasteiger partial charge in [0.1, 0.15) is 12.4 Å². The average Bonchev–Trinajstić information content (AvgIpc) is 3.06. The lowest BCUT2D eigenvalue weighted by molar-refractivity contribution is -0.119. The fraction of sp³-hybridized carbons (Fsp3) is 0.478. The van der Waals surface area contributed by atoms with Gasteiger partial charge in [-0.05, 0) is 51.7 Å². The Labute approximate surface area is 182 Å². The molecule has 0 unspecified atom stereocenters. The van der Waals surface area contributed by atoms with Crippen LogP contribution in [0.1, 0.15) is 49.7 Å². The minimum absolute atomic E-state index is 0.0391. The van der Waals surface area contributed by atoms with Crippen LogP contribution in [0.2, 0.25) is 0 Å². The van der Waals surface area contributed by atoms with E-state index >= 15 is 0 Å². The molecule has 1 amide bonds. The third-order valence-electron chi connectivity index (χ3n) is 5.78. The van der Waals surface area contributed by atoms with Crippen molar-refractivity contribution in [1.29, 1.82) is 0 Å². The standard InChI is InChI=1S/C23H30N6O2/c1-14-5-11-19(12-6-14)29-23-21(15(2)28-29)22(26-20(27-23)13-31-4)25-18-9-7-17(8-10-18)24-16(3)30/h5-6,11-12,17-18H,7-10,13H2,1-4H3,(H,24,30)(H,25,26,27). The van der Waals surface area contributed by atoms with Gasteiger partial charge in [-0.1, -0.05) is 17.7 Å². The molecule has 0 bridgehead atoms. The van der Waals surface area contributed by atoms with E-state index in [-0.39, 0.29) is 11.9 Å². The first-order chi connectivity index (χ1) is 14.9. The normalized spacial score (nSPS) is 18.8. The van der Waals surface area contributed by atoms with Crippen molar-refractivity contribution in [3.63, 3.8) is 0 Å². The summed E-state index contributed by atoms with van der Waals surface area (Å²) in [6.45, 7) is 5.97. The number of hydrogen-bond donors (Lipinski definition) is 2. The number of benzene rings is 1. The van der Waals surface area contributed by atoms with Crippen molar-refractivity contribution in [3.8, 4) is 5.69 Å². The largest absolute Gasteiger partial charge is 0.377 e. The maximum atomic E-state index is 11.3. The van der Waals surface area contributed by atoms with Crippen molar-refractivity contribution in [2.24, 2.45) is 0 Å². The van der Waals surface area contributed by atoms with Crippen LogP contribution in [0.3, 0.4) is 0 Å². The Morgan fingerprint density at radius 3 is 2.42 bits per heavy atom. The molecular formula is C23H30N6O2. The monoisotopic (exact) mass is 422 g/mol. The van der Waals surface area contributed by atoms with E-state index in [2.05, 4.69) is 41.8 Å². The van der Waals surface area contributed by atoms with E-state index in [1.165, 1.54) is 5.56 Å². The van der Waals surface area contributed by atoms with E-state index < -0.39 is 0 Å². The van der Waals surface area contributed by atoms with Crippen molar-refractivity contribution in [2.45, 2.75) is 65.1 Å². The topological polar surface area (TPSA) is 94.0 Å². The highest BCUT2D eigenvalue weighted by Crippen LogP contribution is 2.29. The molecule has 1 aliphatic carbocycles. The molecule has 164 valence electrons. The Bertz CT molecular complexity index is 1070. The van der Waals surface area contributed by atoms with Crippen LogP contribution in [-0.2, 0) is 16.1 Å². The summed E-state index contributed by atoms with van der Waals surface area (Å²) >= 11 is 0. The highest BCUT2D eigenvalue weighted by molar-refractivity contribution is 5.90. The molecule has 1 aromatic carbocycles. The molecule has 2 N–H and O–H groups in total. The maximum absolute atomic E-state index is 11.3. The molecular weight excluding hydrogens is 392 g/mol. The van der Waals surface area contributed by atoms with Crippen LogP contribution in [0.5, 0.6) is 0 Å². The number of aryl methyl sites for hydroxylation is 2. The Morgan fingerprint density at radius 1 is 1.10 bits per heavy atom. The number of carbonyl (C=O) groups is 1. The smallest absolute Gasteiger partial charge is 0.217 e. The summed E-state index contributed by atoms with van der Waals surface area (Å²) in [5.74, 6) is 1.46. The third-order valence-corrected chi connectivity index (χ3v) is 5.78. The fourth-order valence-electron chi connectivity index (χ4n) is 4.25. The minimum Gasteiger partial charge on any atom is -0.377 e. The van der Waals surface area contributed by atoms with Crippen molar-refractivity contribution in [2.75, 3.05) is 12.4 Å². The zero-order valence-electron chi connectivity index (χ0n) is 18.6. The fourth-order valence-corrected chi connectivity index (χ4v) is 4.25. The molecule has 0 aliphatic heterocycles. The molecule has 1 saturated carbocycles. The van der Waals surface area contributed by atoms with E-state index in [0.717, 1.165) is 53.9 Å². The summed E-state index contributed by atoms with van der Waals surface area (Å²) in [7, 11) is 1.65. The third kappa shape index (κ3) is 4.69. The number of fused-ring (bicyclic) bond motifs is 1. The van der Waals surface area contributed by atoms with E-state index in [1.807, 2.05) is 11.6 Å². The number of methoxy groups -OCH3 is 1. The lowest BCUT2D eigenvalue weighted by Crippen LogP contribution is -2.39. The zero-order valence-corrected chi connectivity index (χ0v) is 18.6. The first kappa shape index (κ1) is 21.2. The van der Waals surface area contributed by atoms with Crippen LogP contribution in [0.25, 0.3) is 16.7 Å². The quantitative estimate of drug-likeness (QED) is 0.632. The van der Waals surface area contributed by atoms with Gasteiger partial charge in [-0.2, -0.15) is 5.10 Å². The average molecular weight is 423 g/mol. The molecule has 0 radical (unpaired) electrons. The van der Waals surface area contributed by atoms with Gasteiger partial charge in [-0.3, -0.25) is 4.79 Å². The van der Waals surface area contributed by atoms with Gasteiger partial charge in [0.05, 0.1) is 16.8 Å². The van der Waals surface area contributed by atoms with Crippen molar-refractivity contribution < 1.29 is 9.53 Å². The Morgan fingerprint density at radius 2 is 1.77 bits per heavy atom. The highest BCUT2D eigenvalue weighted by atomic mass is 16.5. The molecule has 0 spiro atoms. The van der Waals surface area contributed by atoms with E-state index in [4.69, 9.17) is 19.8 Å². The van der Waals surface area contributed by atoms with E-state index in [9.17, 15) is 4.79 Å². The summed E-state index contributed by atoms with van der Waals surface area (Å²) in [4.78, 5) is 20.9. The van der Waals surface area contributed by atoms with Crippen molar-refractivity contribution in [1.82, 2.24) is 25.1 Å². The molecule has 8 heteroatoms. The van der Waals surface area contributed by atoms with Gasteiger partial charge >= 0.3 is 0 Å². The summed E-state index contributed by atoms with van der Waals surface area (Å²) in [6, 6.07) is 8.80. The second kappa shape index (κ2) is 9.01. The number of amides is 1. The van der Waals surface area contributed by atoms with Crippen LogP contribution >= 0.6 is 0 Å². The van der Waals surface area contributed by atoms with Crippen LogP contribution in [-0.4, -0.2) is 44.8 Å². The van der Waals surface area contributed by atoms with Crippen LogP contribution in [0.4, 0.5) is 5.82 Å². The number of anilines is 1.